The average molecular weight is 566 g/mol. The van der Waals surface area contributed by atoms with Gasteiger partial charge in [-0.15, -0.1) is 0 Å². The maximum absolute atomic E-state index is 13.8. The van der Waals surface area contributed by atoms with Gasteiger partial charge in [0.05, 0.1) is 16.5 Å². The topological polar surface area (TPSA) is 49.4 Å². The summed E-state index contributed by atoms with van der Waals surface area (Å²) in [6.07, 6.45) is 0.363. The minimum atomic E-state index is -0.784. The number of hydrogen-bond donors (Lipinski definition) is 1. The van der Waals surface area contributed by atoms with Gasteiger partial charge in [0.15, 0.2) is 0 Å². The summed E-state index contributed by atoms with van der Waals surface area (Å²) in [4.78, 5) is 28.8. The van der Waals surface area contributed by atoms with Gasteiger partial charge >= 0.3 is 0 Å². The molecule has 0 spiro atoms. The Morgan fingerprint density at radius 1 is 0.806 bits per heavy atom. The number of carbonyl (C=O) groups is 2. The summed E-state index contributed by atoms with van der Waals surface area (Å²) in [5.41, 5.74) is 2.20. The van der Waals surface area contributed by atoms with E-state index in [9.17, 15) is 9.59 Å². The van der Waals surface area contributed by atoms with Crippen LogP contribution in [0.4, 0.5) is 0 Å². The van der Waals surface area contributed by atoms with Gasteiger partial charge in [0, 0.05) is 35.1 Å². The molecule has 0 aromatic heterocycles. The molecule has 190 valence electrons. The van der Waals surface area contributed by atoms with Crippen molar-refractivity contribution in [3.63, 3.8) is 0 Å². The van der Waals surface area contributed by atoms with E-state index in [0.717, 1.165) is 5.56 Å². The Hall–Kier alpha value is -2.24. The second kappa shape index (κ2) is 13.3. The van der Waals surface area contributed by atoms with E-state index in [2.05, 4.69) is 5.32 Å². The van der Waals surface area contributed by atoms with E-state index in [1.165, 1.54) is 0 Å². The van der Waals surface area contributed by atoms with Crippen LogP contribution in [0.15, 0.2) is 66.7 Å². The predicted octanol–water partition coefficient (Wildman–Crippen LogP) is 7.26. The van der Waals surface area contributed by atoms with Gasteiger partial charge in [-0.1, -0.05) is 103 Å². The molecule has 3 aromatic rings. The number of hydrogen-bond acceptors (Lipinski definition) is 2. The van der Waals surface area contributed by atoms with Crippen molar-refractivity contribution in [1.29, 1.82) is 0 Å². The van der Waals surface area contributed by atoms with Gasteiger partial charge in [-0.05, 0) is 41.3 Å². The molecule has 0 aliphatic rings. The number of benzene rings is 3. The molecule has 1 N–H and O–H groups in total. The Morgan fingerprint density at radius 3 is 2.08 bits per heavy atom. The summed E-state index contributed by atoms with van der Waals surface area (Å²) in [5.74, 6) is -0.243. The summed E-state index contributed by atoms with van der Waals surface area (Å²) in [6.45, 7) is 4.60. The normalized spacial score (nSPS) is 11.9. The predicted molar refractivity (Wildman–Crippen MR) is 149 cm³/mol. The molecule has 3 aromatic carbocycles. The van der Waals surface area contributed by atoms with Gasteiger partial charge in [-0.2, -0.15) is 0 Å². The van der Waals surface area contributed by atoms with E-state index in [1.807, 2.05) is 44.2 Å². The highest BCUT2D eigenvalue weighted by Crippen LogP contribution is 2.28. The van der Waals surface area contributed by atoms with E-state index in [4.69, 9.17) is 46.4 Å². The second-order valence-corrected chi connectivity index (χ2v) is 10.6. The molecule has 8 heteroatoms. The van der Waals surface area contributed by atoms with Crippen LogP contribution in [-0.2, 0) is 29.0 Å². The first-order valence-electron chi connectivity index (χ1n) is 11.6. The third kappa shape index (κ3) is 7.88. The molecule has 0 fully saturated rings. The fourth-order valence-electron chi connectivity index (χ4n) is 3.76. The molecule has 0 heterocycles. The number of nitrogens with one attached hydrogen (secondary N) is 1. The maximum atomic E-state index is 13.8. The van der Waals surface area contributed by atoms with Crippen molar-refractivity contribution in [1.82, 2.24) is 10.2 Å². The van der Waals surface area contributed by atoms with Gasteiger partial charge in [0.1, 0.15) is 6.04 Å². The molecule has 0 saturated carbocycles. The summed E-state index contributed by atoms with van der Waals surface area (Å²) in [7, 11) is 0. The van der Waals surface area contributed by atoms with Gasteiger partial charge in [-0.3, -0.25) is 9.59 Å². The quantitative estimate of drug-likeness (QED) is 0.281. The molecule has 0 aliphatic carbocycles. The molecule has 0 radical (unpaired) electrons. The van der Waals surface area contributed by atoms with Crippen LogP contribution in [-0.4, -0.2) is 29.3 Å². The van der Waals surface area contributed by atoms with Crippen molar-refractivity contribution in [2.75, 3.05) is 6.54 Å². The zero-order chi connectivity index (χ0) is 26.2. The summed E-state index contributed by atoms with van der Waals surface area (Å²) >= 11 is 25.2. The van der Waals surface area contributed by atoms with Crippen molar-refractivity contribution < 1.29 is 9.59 Å². The van der Waals surface area contributed by atoms with Crippen LogP contribution in [0.2, 0.25) is 20.1 Å². The van der Waals surface area contributed by atoms with E-state index in [1.54, 1.807) is 41.3 Å². The van der Waals surface area contributed by atoms with Gasteiger partial charge in [0.25, 0.3) is 0 Å². The Kier molecular flexibility index (Phi) is 10.5. The van der Waals surface area contributed by atoms with Gasteiger partial charge < -0.3 is 10.2 Å². The van der Waals surface area contributed by atoms with Crippen LogP contribution in [0.1, 0.15) is 30.5 Å². The number of nitrogens with zero attached hydrogens (tertiary/aromatic N) is 1. The van der Waals surface area contributed by atoms with Crippen molar-refractivity contribution in [3.05, 3.63) is 104 Å². The van der Waals surface area contributed by atoms with E-state index < -0.39 is 6.04 Å². The van der Waals surface area contributed by atoms with Crippen LogP contribution >= 0.6 is 46.4 Å². The Bertz CT molecular complexity index is 1180. The second-order valence-electron chi connectivity index (χ2n) is 8.99. The van der Waals surface area contributed by atoms with Crippen molar-refractivity contribution in [2.45, 2.75) is 39.3 Å². The highest BCUT2D eigenvalue weighted by Gasteiger charge is 2.31. The number of carbonyl (C=O) groups excluding carboxylic acids is 2. The molecule has 0 bridgehead atoms. The zero-order valence-electron chi connectivity index (χ0n) is 20.1. The van der Waals surface area contributed by atoms with E-state index in [-0.39, 0.29) is 30.7 Å². The Balaban J connectivity index is 2.01. The summed E-state index contributed by atoms with van der Waals surface area (Å²) in [6, 6.07) is 19.1. The van der Waals surface area contributed by atoms with E-state index >= 15 is 0 Å². The zero-order valence-corrected chi connectivity index (χ0v) is 23.1. The largest absolute Gasteiger partial charge is 0.354 e. The molecule has 0 saturated heterocycles. The van der Waals surface area contributed by atoms with Gasteiger partial charge in [-0.25, -0.2) is 0 Å². The van der Waals surface area contributed by atoms with E-state index in [0.29, 0.717) is 44.2 Å². The average Bonchev–Trinajstić information content (AvgIpc) is 2.84. The molecule has 2 amide bonds. The van der Waals surface area contributed by atoms with Crippen LogP contribution in [0, 0.1) is 5.92 Å². The number of rotatable bonds is 10. The fraction of sp³-hybridized carbons (Fsp3) is 0.286. The molecule has 3 rings (SSSR count). The highest BCUT2D eigenvalue weighted by atomic mass is 35.5. The van der Waals surface area contributed by atoms with Crippen LogP contribution in [0.25, 0.3) is 0 Å². The molecule has 36 heavy (non-hydrogen) atoms. The fourth-order valence-corrected chi connectivity index (χ4v) is 4.59. The van der Waals surface area contributed by atoms with Crippen molar-refractivity contribution in [3.8, 4) is 0 Å². The van der Waals surface area contributed by atoms with Gasteiger partial charge in [0.2, 0.25) is 11.8 Å². The van der Waals surface area contributed by atoms with Crippen LogP contribution in [0.5, 0.6) is 0 Å². The summed E-state index contributed by atoms with van der Waals surface area (Å²) < 4.78 is 0. The Morgan fingerprint density at radius 2 is 1.47 bits per heavy atom. The first kappa shape index (κ1) is 28.3. The molecular formula is C28H28Cl4N2O2. The van der Waals surface area contributed by atoms with Crippen molar-refractivity contribution in [2.24, 2.45) is 5.92 Å². The monoisotopic (exact) mass is 564 g/mol. The molecule has 1 atom stereocenters. The number of halogens is 4. The Labute approximate surface area is 232 Å². The standard InChI is InChI=1S/C28H28Cl4N2O2/c1-18(2)16-33-28(36)26(14-19-7-4-3-5-8-19)34(17-21-22(29)9-6-10-23(21)30)27(35)15-20-11-12-24(31)25(32)13-20/h3-13,18,26H,14-17H2,1-2H3,(H,33,36)/t26-/m0/s1. The molecule has 0 aliphatic heterocycles. The number of amides is 2. The lowest BCUT2D eigenvalue weighted by atomic mass is 10.0. The third-order valence-corrected chi connectivity index (χ3v) is 7.13. The lowest BCUT2D eigenvalue weighted by Crippen LogP contribution is -2.51. The minimum Gasteiger partial charge on any atom is -0.354 e. The minimum absolute atomic E-state index is 0.0295. The highest BCUT2D eigenvalue weighted by molar-refractivity contribution is 6.42. The van der Waals surface area contributed by atoms with Crippen LogP contribution in [0.3, 0.4) is 0 Å². The lowest BCUT2D eigenvalue weighted by molar-refractivity contribution is -0.140. The molecule has 4 nitrogen and oxygen atoms in total. The first-order chi connectivity index (χ1) is 17.2. The lowest BCUT2D eigenvalue weighted by Gasteiger charge is -2.32. The molecular weight excluding hydrogens is 538 g/mol. The SMILES string of the molecule is CC(C)CNC(=O)[C@H](Cc1ccccc1)N(Cc1c(Cl)cccc1Cl)C(=O)Cc1ccc(Cl)c(Cl)c1. The maximum Gasteiger partial charge on any atom is 0.243 e. The smallest absolute Gasteiger partial charge is 0.243 e. The first-order valence-corrected chi connectivity index (χ1v) is 13.1. The molecule has 0 unspecified atom stereocenters. The third-order valence-electron chi connectivity index (χ3n) is 5.69. The van der Waals surface area contributed by atoms with Crippen molar-refractivity contribution >= 4 is 58.2 Å². The van der Waals surface area contributed by atoms with Crippen LogP contribution < -0.4 is 5.32 Å². The summed E-state index contributed by atoms with van der Waals surface area (Å²) in [5, 5.41) is 4.61.